The van der Waals surface area contributed by atoms with Crippen LogP contribution < -0.4 is 0 Å². The molecule has 0 atom stereocenters. The van der Waals surface area contributed by atoms with Crippen molar-refractivity contribution in [1.82, 2.24) is 0 Å². The first-order valence-electron chi connectivity index (χ1n) is 3.21. The van der Waals surface area contributed by atoms with Gasteiger partial charge in [-0.25, -0.2) is 0 Å². The number of rotatable bonds is 2. The van der Waals surface area contributed by atoms with Crippen molar-refractivity contribution in [2.75, 3.05) is 0 Å². The minimum Gasteiger partial charge on any atom is -0.454 e. The molecule has 0 aliphatic heterocycles. The molecular formula is C6H9OSi2. The smallest absolute Gasteiger partial charge is 0.251 e. The van der Waals surface area contributed by atoms with Gasteiger partial charge in [-0.1, -0.05) is 11.3 Å². The molecule has 0 aromatic rings. The van der Waals surface area contributed by atoms with Gasteiger partial charge in [0.1, 0.15) is 0 Å². The van der Waals surface area contributed by atoms with Gasteiger partial charge >= 0.3 is 0 Å². The highest BCUT2D eigenvalue weighted by Gasteiger charge is 2.03. The van der Waals surface area contributed by atoms with Crippen molar-refractivity contribution in [2.45, 2.75) is 25.7 Å². The van der Waals surface area contributed by atoms with Crippen molar-refractivity contribution in [3.8, 4) is 0 Å². The molecule has 0 N–H and O–H groups in total. The second-order valence-electron chi connectivity index (χ2n) is 2.18. The van der Waals surface area contributed by atoms with Crippen LogP contribution in [0, 0.1) is 0 Å². The number of allylic oxidation sites excluding steroid dienone is 2. The lowest BCUT2D eigenvalue weighted by Crippen LogP contribution is -2.03. The first-order chi connectivity index (χ1) is 4.43. The van der Waals surface area contributed by atoms with Crippen molar-refractivity contribution in [3.05, 3.63) is 11.3 Å². The molecule has 1 aliphatic rings. The van der Waals surface area contributed by atoms with E-state index in [1.165, 1.54) is 30.9 Å². The van der Waals surface area contributed by atoms with Gasteiger partial charge in [0.05, 0.1) is 0 Å². The third-order valence-electron chi connectivity index (χ3n) is 1.47. The van der Waals surface area contributed by atoms with Gasteiger partial charge in [-0.15, -0.1) is 0 Å². The highest BCUT2D eigenvalue weighted by atomic mass is 28.3. The quantitative estimate of drug-likeness (QED) is 0.541. The van der Waals surface area contributed by atoms with E-state index in [9.17, 15) is 0 Å². The van der Waals surface area contributed by atoms with Crippen molar-refractivity contribution in [3.63, 3.8) is 0 Å². The summed E-state index contributed by atoms with van der Waals surface area (Å²) in [4.78, 5) is 0. The lowest BCUT2D eigenvalue weighted by Gasteiger charge is -2.09. The zero-order valence-electron chi connectivity index (χ0n) is 5.31. The van der Waals surface area contributed by atoms with Crippen LogP contribution in [0.1, 0.15) is 25.7 Å². The molecule has 0 bridgehead atoms. The van der Waals surface area contributed by atoms with E-state index in [1.807, 2.05) is 0 Å². The molecule has 9 heavy (non-hydrogen) atoms. The van der Waals surface area contributed by atoms with Crippen molar-refractivity contribution in [1.29, 1.82) is 0 Å². The van der Waals surface area contributed by atoms with Gasteiger partial charge in [0.15, 0.2) is 0 Å². The fourth-order valence-corrected chi connectivity index (χ4v) is 2.03. The summed E-state index contributed by atoms with van der Waals surface area (Å²) in [6.07, 6.45) is 7.48. The standard InChI is InChI=1S/C6H9OSi2/c8-7-9-6-4-2-1-3-5-6/h4H,1-3,5H2. The van der Waals surface area contributed by atoms with Crippen LogP contribution in [0.3, 0.4) is 0 Å². The molecule has 0 amide bonds. The first-order valence-corrected chi connectivity index (χ1v) is 4.53. The fraction of sp³-hybridized carbons (Fsp3) is 0.667. The van der Waals surface area contributed by atoms with E-state index in [4.69, 9.17) is 4.12 Å². The Morgan fingerprint density at radius 3 is 3.00 bits per heavy atom. The number of hydrogen-bond acceptors (Lipinski definition) is 1. The van der Waals surface area contributed by atoms with E-state index in [-0.39, 0.29) is 0 Å². The van der Waals surface area contributed by atoms with E-state index < -0.39 is 0 Å². The van der Waals surface area contributed by atoms with Crippen LogP contribution in [0.15, 0.2) is 11.3 Å². The molecule has 3 heteroatoms. The molecule has 0 aromatic carbocycles. The summed E-state index contributed by atoms with van der Waals surface area (Å²) in [6.45, 7) is 0. The number of hydrogen-bond donors (Lipinski definition) is 0. The Bertz CT molecular complexity index is 112. The van der Waals surface area contributed by atoms with Gasteiger partial charge in [0.2, 0.25) is 10.5 Å². The molecule has 5 radical (unpaired) electrons. The summed E-state index contributed by atoms with van der Waals surface area (Å²) in [5.74, 6) is 0. The maximum atomic E-state index is 4.85. The molecule has 1 rings (SSSR count). The van der Waals surface area contributed by atoms with Crippen LogP contribution in [0.5, 0.6) is 0 Å². The molecule has 0 heterocycles. The zero-order chi connectivity index (χ0) is 6.53. The molecule has 1 aliphatic carbocycles. The summed E-state index contributed by atoms with van der Waals surface area (Å²) in [6, 6.07) is 0. The molecule has 0 fully saturated rings. The highest BCUT2D eigenvalue weighted by Crippen LogP contribution is 2.15. The van der Waals surface area contributed by atoms with Gasteiger partial charge in [-0.05, 0) is 25.7 Å². The van der Waals surface area contributed by atoms with E-state index in [2.05, 4.69) is 16.6 Å². The molecule has 0 unspecified atom stereocenters. The highest BCUT2D eigenvalue weighted by molar-refractivity contribution is 6.43. The predicted octanol–water partition coefficient (Wildman–Crippen LogP) is 1.16. The largest absolute Gasteiger partial charge is 0.454 e. The molecular weight excluding hydrogens is 144 g/mol. The van der Waals surface area contributed by atoms with Gasteiger partial charge in [0, 0.05) is 0 Å². The molecule has 0 saturated carbocycles. The molecule has 47 valence electrons. The minimum absolute atomic E-state index is 0.539. The summed E-state index contributed by atoms with van der Waals surface area (Å²) in [5, 5.41) is 1.47. The maximum Gasteiger partial charge on any atom is 0.251 e. The van der Waals surface area contributed by atoms with E-state index in [1.54, 1.807) is 0 Å². The topological polar surface area (TPSA) is 9.23 Å². The molecule has 0 aromatic heterocycles. The maximum absolute atomic E-state index is 4.85. The first kappa shape index (κ1) is 7.24. The average molecular weight is 153 g/mol. The van der Waals surface area contributed by atoms with Gasteiger partial charge in [-0.3, -0.25) is 0 Å². The van der Waals surface area contributed by atoms with Crippen LogP contribution >= 0.6 is 0 Å². The van der Waals surface area contributed by atoms with Gasteiger partial charge in [0.25, 0.3) is 9.76 Å². The van der Waals surface area contributed by atoms with E-state index >= 15 is 0 Å². The third kappa shape index (κ3) is 2.47. The van der Waals surface area contributed by atoms with E-state index in [0.29, 0.717) is 9.76 Å². The lowest BCUT2D eigenvalue weighted by molar-refractivity contribution is 0.651. The monoisotopic (exact) mass is 153 g/mol. The second-order valence-corrected chi connectivity index (χ2v) is 3.84. The Morgan fingerprint density at radius 2 is 2.44 bits per heavy atom. The Kier molecular flexibility index (Phi) is 3.24. The Balaban J connectivity index is 2.28. The van der Waals surface area contributed by atoms with Crippen molar-refractivity contribution < 1.29 is 4.12 Å². The Morgan fingerprint density at radius 1 is 1.56 bits per heavy atom. The summed E-state index contributed by atoms with van der Waals surface area (Å²) in [5.41, 5.74) is 0. The SMILES string of the molecule is [Si]O[Si]C1=CCCCC1. The normalized spacial score (nSPS) is 19.4. The molecule has 0 spiro atoms. The second kappa shape index (κ2) is 4.03. The predicted molar refractivity (Wildman–Crippen MR) is 39.1 cm³/mol. The summed E-state index contributed by atoms with van der Waals surface area (Å²) in [7, 11) is 3.54. The Labute approximate surface area is 62.0 Å². The molecule has 1 nitrogen and oxygen atoms in total. The van der Waals surface area contributed by atoms with Crippen LogP contribution in [-0.4, -0.2) is 20.2 Å². The van der Waals surface area contributed by atoms with Crippen LogP contribution in [0.25, 0.3) is 0 Å². The summed E-state index contributed by atoms with van der Waals surface area (Å²) < 4.78 is 4.85. The summed E-state index contributed by atoms with van der Waals surface area (Å²) >= 11 is 0. The average Bonchev–Trinajstić information content (AvgIpc) is 1.91. The van der Waals surface area contributed by atoms with Crippen LogP contribution in [0.2, 0.25) is 0 Å². The third-order valence-corrected chi connectivity index (χ3v) is 2.60. The van der Waals surface area contributed by atoms with Crippen molar-refractivity contribution >= 4 is 20.2 Å². The fourth-order valence-electron chi connectivity index (χ4n) is 0.996. The van der Waals surface area contributed by atoms with Gasteiger partial charge in [-0.2, -0.15) is 0 Å². The van der Waals surface area contributed by atoms with Crippen LogP contribution in [-0.2, 0) is 4.12 Å². The lowest BCUT2D eigenvalue weighted by atomic mass is 10.1. The minimum atomic E-state index is 0.539. The van der Waals surface area contributed by atoms with Gasteiger partial charge < -0.3 is 4.12 Å². The van der Waals surface area contributed by atoms with Crippen LogP contribution in [0.4, 0.5) is 0 Å². The zero-order valence-corrected chi connectivity index (χ0v) is 7.31. The van der Waals surface area contributed by atoms with Crippen molar-refractivity contribution in [2.24, 2.45) is 0 Å². The molecule has 0 saturated heterocycles. The Hall–Kier alpha value is 0.134. The van der Waals surface area contributed by atoms with E-state index in [0.717, 1.165) is 0 Å².